The highest BCUT2D eigenvalue weighted by Gasteiger charge is 2.07. The fourth-order valence-corrected chi connectivity index (χ4v) is 1.90. The van der Waals surface area contributed by atoms with Crippen LogP contribution in [0.25, 0.3) is 0 Å². The molecular weight excluding hydrogens is 236 g/mol. The van der Waals surface area contributed by atoms with Crippen LogP contribution >= 0.6 is 0 Å². The Bertz CT molecular complexity index is 515. The molecule has 0 amide bonds. The van der Waals surface area contributed by atoms with Crippen molar-refractivity contribution in [2.24, 2.45) is 5.73 Å². The van der Waals surface area contributed by atoms with Gasteiger partial charge in [-0.3, -0.25) is 0 Å². The second-order valence-electron chi connectivity index (χ2n) is 4.33. The summed E-state index contributed by atoms with van der Waals surface area (Å²) in [5.41, 5.74) is 7.33. The van der Waals surface area contributed by atoms with E-state index in [1.54, 1.807) is 12.5 Å². The Labute approximate surface area is 104 Å². The van der Waals surface area contributed by atoms with Crippen molar-refractivity contribution in [3.8, 4) is 0 Å². The largest absolute Gasteiger partial charge is 0.333 e. The first-order valence-corrected chi connectivity index (χ1v) is 5.77. The molecule has 1 aromatic carbocycles. The number of aryl methyl sites for hydroxylation is 2. The van der Waals surface area contributed by atoms with E-state index in [4.69, 9.17) is 5.73 Å². The maximum atomic E-state index is 13.0. The number of benzene rings is 1. The molecule has 1 atom stereocenters. The van der Waals surface area contributed by atoms with Gasteiger partial charge in [0.15, 0.2) is 0 Å². The highest BCUT2D eigenvalue weighted by molar-refractivity contribution is 5.18. The predicted molar refractivity (Wildman–Crippen MR) is 64.9 cm³/mol. The molecule has 96 valence electrons. The molecule has 1 heterocycles. The molecule has 0 aliphatic carbocycles. The summed E-state index contributed by atoms with van der Waals surface area (Å²) in [5, 5.41) is 0. The van der Waals surface area contributed by atoms with Gasteiger partial charge in [0, 0.05) is 24.8 Å². The van der Waals surface area contributed by atoms with Gasteiger partial charge in [-0.25, -0.2) is 13.8 Å². The highest BCUT2D eigenvalue weighted by Crippen LogP contribution is 2.12. The predicted octanol–water partition coefficient (Wildman–Crippen LogP) is 2.42. The molecule has 18 heavy (non-hydrogen) atoms. The lowest BCUT2D eigenvalue weighted by atomic mass is 10.1. The normalized spacial score (nSPS) is 12.7. The summed E-state index contributed by atoms with van der Waals surface area (Å²) >= 11 is 0. The Hall–Kier alpha value is -1.75. The van der Waals surface area contributed by atoms with Gasteiger partial charge in [0.05, 0.1) is 12.0 Å². The van der Waals surface area contributed by atoms with E-state index in [1.165, 1.54) is 12.1 Å². The van der Waals surface area contributed by atoms with Gasteiger partial charge in [-0.2, -0.15) is 0 Å². The zero-order valence-corrected chi connectivity index (χ0v) is 10.1. The summed E-state index contributed by atoms with van der Waals surface area (Å²) in [7, 11) is 0. The summed E-state index contributed by atoms with van der Waals surface area (Å²) in [5.74, 6) is -1.11. The molecule has 0 bridgehead atoms. The molecule has 0 radical (unpaired) electrons. The minimum Gasteiger partial charge on any atom is -0.333 e. The van der Waals surface area contributed by atoms with Crippen LogP contribution in [0.4, 0.5) is 8.78 Å². The van der Waals surface area contributed by atoms with Crippen LogP contribution in [0.15, 0.2) is 30.7 Å². The zero-order chi connectivity index (χ0) is 13.1. The SMILES string of the molecule is CC(N)c1cncn1CCc1cc(F)cc(F)c1. The van der Waals surface area contributed by atoms with Crippen molar-refractivity contribution in [2.75, 3.05) is 0 Å². The summed E-state index contributed by atoms with van der Waals surface area (Å²) in [6, 6.07) is 3.43. The number of aromatic nitrogens is 2. The molecule has 1 unspecified atom stereocenters. The molecule has 2 N–H and O–H groups in total. The Kier molecular flexibility index (Phi) is 3.72. The molecule has 5 heteroatoms. The fraction of sp³-hybridized carbons (Fsp3) is 0.308. The van der Waals surface area contributed by atoms with Crippen LogP contribution in [0, 0.1) is 11.6 Å². The maximum Gasteiger partial charge on any atom is 0.126 e. The minimum atomic E-state index is -0.553. The molecule has 0 saturated heterocycles. The van der Waals surface area contributed by atoms with E-state index in [1.807, 2.05) is 11.5 Å². The van der Waals surface area contributed by atoms with Crippen LogP contribution in [0.2, 0.25) is 0 Å². The van der Waals surface area contributed by atoms with E-state index >= 15 is 0 Å². The topological polar surface area (TPSA) is 43.8 Å². The summed E-state index contributed by atoms with van der Waals surface area (Å²) in [4.78, 5) is 4.03. The number of nitrogens with zero attached hydrogens (tertiary/aromatic N) is 2. The fourth-order valence-electron chi connectivity index (χ4n) is 1.90. The van der Waals surface area contributed by atoms with Crippen LogP contribution < -0.4 is 5.73 Å². The van der Waals surface area contributed by atoms with Crippen LogP contribution in [-0.4, -0.2) is 9.55 Å². The second kappa shape index (κ2) is 5.27. The van der Waals surface area contributed by atoms with Gasteiger partial charge < -0.3 is 10.3 Å². The number of nitrogens with two attached hydrogens (primary N) is 1. The van der Waals surface area contributed by atoms with E-state index in [9.17, 15) is 8.78 Å². The van der Waals surface area contributed by atoms with Crippen molar-refractivity contribution in [1.82, 2.24) is 9.55 Å². The number of hydrogen-bond donors (Lipinski definition) is 1. The first-order valence-electron chi connectivity index (χ1n) is 5.77. The van der Waals surface area contributed by atoms with Crippen molar-refractivity contribution in [3.05, 3.63) is 53.6 Å². The molecule has 1 aromatic heterocycles. The quantitative estimate of drug-likeness (QED) is 0.907. The monoisotopic (exact) mass is 251 g/mol. The lowest BCUT2D eigenvalue weighted by molar-refractivity contribution is 0.573. The van der Waals surface area contributed by atoms with Gasteiger partial charge in [0.2, 0.25) is 0 Å². The third-order valence-electron chi connectivity index (χ3n) is 2.77. The van der Waals surface area contributed by atoms with Crippen molar-refractivity contribution >= 4 is 0 Å². The third-order valence-corrected chi connectivity index (χ3v) is 2.77. The summed E-state index contributed by atoms with van der Waals surface area (Å²) in [6.07, 6.45) is 3.91. The van der Waals surface area contributed by atoms with E-state index in [-0.39, 0.29) is 6.04 Å². The second-order valence-corrected chi connectivity index (χ2v) is 4.33. The molecule has 0 saturated carbocycles. The summed E-state index contributed by atoms with van der Waals surface area (Å²) in [6.45, 7) is 2.47. The van der Waals surface area contributed by atoms with Crippen molar-refractivity contribution in [1.29, 1.82) is 0 Å². The van der Waals surface area contributed by atoms with Crippen LogP contribution in [0.1, 0.15) is 24.2 Å². The third kappa shape index (κ3) is 2.92. The molecular formula is C13H15F2N3. The molecule has 2 rings (SSSR count). The average molecular weight is 251 g/mol. The highest BCUT2D eigenvalue weighted by atomic mass is 19.1. The molecule has 2 aromatic rings. The van der Waals surface area contributed by atoms with Crippen LogP contribution in [0.3, 0.4) is 0 Å². The van der Waals surface area contributed by atoms with E-state index in [0.717, 1.165) is 11.8 Å². The molecule has 0 fully saturated rings. The van der Waals surface area contributed by atoms with Gasteiger partial charge in [0.1, 0.15) is 11.6 Å². The summed E-state index contributed by atoms with van der Waals surface area (Å²) < 4.78 is 27.9. The Morgan fingerprint density at radius 1 is 1.28 bits per heavy atom. The van der Waals surface area contributed by atoms with Gasteiger partial charge in [-0.15, -0.1) is 0 Å². The van der Waals surface area contributed by atoms with Crippen LogP contribution in [-0.2, 0) is 13.0 Å². The smallest absolute Gasteiger partial charge is 0.126 e. The first-order chi connectivity index (χ1) is 8.56. The molecule has 3 nitrogen and oxygen atoms in total. The number of rotatable bonds is 4. The zero-order valence-electron chi connectivity index (χ0n) is 10.1. The maximum absolute atomic E-state index is 13.0. The minimum absolute atomic E-state index is 0.114. The Morgan fingerprint density at radius 2 is 1.94 bits per heavy atom. The molecule has 0 spiro atoms. The van der Waals surface area contributed by atoms with Gasteiger partial charge in [-0.1, -0.05) is 0 Å². The number of hydrogen-bond acceptors (Lipinski definition) is 2. The van der Waals surface area contributed by atoms with E-state index in [2.05, 4.69) is 4.98 Å². The van der Waals surface area contributed by atoms with Gasteiger partial charge >= 0.3 is 0 Å². The van der Waals surface area contributed by atoms with E-state index in [0.29, 0.717) is 18.5 Å². The lowest BCUT2D eigenvalue weighted by Crippen LogP contribution is -2.12. The van der Waals surface area contributed by atoms with E-state index < -0.39 is 11.6 Å². The number of halogens is 2. The Balaban J connectivity index is 2.09. The van der Waals surface area contributed by atoms with Crippen molar-refractivity contribution in [2.45, 2.75) is 25.9 Å². The van der Waals surface area contributed by atoms with Gasteiger partial charge in [-0.05, 0) is 31.0 Å². The first kappa shape index (κ1) is 12.7. The van der Waals surface area contributed by atoms with Crippen LogP contribution in [0.5, 0.6) is 0 Å². The number of imidazole rings is 1. The average Bonchev–Trinajstić information content (AvgIpc) is 2.73. The lowest BCUT2D eigenvalue weighted by Gasteiger charge is -2.10. The molecule has 0 aliphatic rings. The van der Waals surface area contributed by atoms with Crippen molar-refractivity contribution < 1.29 is 8.78 Å². The molecule has 0 aliphatic heterocycles. The Morgan fingerprint density at radius 3 is 2.56 bits per heavy atom. The van der Waals surface area contributed by atoms with Gasteiger partial charge in [0.25, 0.3) is 0 Å². The standard InChI is InChI=1S/C13H15F2N3/c1-9(16)13-7-17-8-18(13)3-2-10-4-11(14)6-12(15)5-10/h4-9H,2-3,16H2,1H3. The van der Waals surface area contributed by atoms with Crippen molar-refractivity contribution in [3.63, 3.8) is 0 Å².